The van der Waals surface area contributed by atoms with Gasteiger partial charge in [-0.3, -0.25) is 9.88 Å². The Morgan fingerprint density at radius 3 is 2.63 bits per heavy atom. The van der Waals surface area contributed by atoms with Crippen molar-refractivity contribution in [1.29, 1.82) is 0 Å². The van der Waals surface area contributed by atoms with Crippen molar-refractivity contribution in [2.45, 2.75) is 38.3 Å². The maximum absolute atomic E-state index is 10.5. The van der Waals surface area contributed by atoms with Gasteiger partial charge in [-0.25, -0.2) is 0 Å². The molecule has 2 heterocycles. The molecule has 0 N–H and O–H groups in total. The van der Waals surface area contributed by atoms with E-state index in [9.17, 15) is 9.90 Å². The molecule has 0 amide bonds. The standard InChI is InChI=1S/C22H26N2O2.Na/c25-21(26)13-6-2-5-11-19-14-16-24(17-20-12-7-8-15-23-20)22(19)18-9-3-1-4-10-18;/h1-5,7-10,12,15,19,22H,6,11,13-14,16-17H2,(H,25,26);/q;+1/p-1/b5-2-;/t19-,22-;/m0./s1. The summed E-state index contributed by atoms with van der Waals surface area (Å²) in [6, 6.07) is 17.1. The number of nitrogens with zero attached hydrogens (tertiary/aromatic N) is 2. The minimum Gasteiger partial charge on any atom is -0.550 e. The molecule has 0 saturated carbocycles. The van der Waals surface area contributed by atoms with Gasteiger partial charge in [0.2, 0.25) is 0 Å². The van der Waals surface area contributed by atoms with Crippen molar-refractivity contribution in [1.82, 2.24) is 9.88 Å². The van der Waals surface area contributed by atoms with Crippen LogP contribution in [0.1, 0.15) is 43.0 Å². The second-order valence-corrected chi connectivity index (χ2v) is 6.81. The second-order valence-electron chi connectivity index (χ2n) is 6.81. The number of rotatable bonds is 8. The molecular weight excluding hydrogens is 347 g/mol. The normalized spacial score (nSPS) is 19.9. The summed E-state index contributed by atoms with van der Waals surface area (Å²) in [5.41, 5.74) is 2.44. The average Bonchev–Trinajstić information content (AvgIpc) is 3.05. The first-order chi connectivity index (χ1) is 12.7. The Balaban J connectivity index is 0.00000261. The quantitative estimate of drug-likeness (QED) is 0.488. The first-order valence-electron chi connectivity index (χ1n) is 9.28. The van der Waals surface area contributed by atoms with E-state index in [1.807, 2.05) is 24.4 Å². The molecule has 136 valence electrons. The number of allylic oxidation sites excluding steroid dienone is 2. The van der Waals surface area contributed by atoms with E-state index >= 15 is 0 Å². The molecule has 1 fully saturated rings. The summed E-state index contributed by atoms with van der Waals surface area (Å²) in [5.74, 6) is -0.459. The number of carbonyl (C=O) groups is 1. The summed E-state index contributed by atoms with van der Waals surface area (Å²) < 4.78 is 0. The molecule has 1 aromatic heterocycles. The van der Waals surface area contributed by atoms with Crippen LogP contribution < -0.4 is 34.7 Å². The van der Waals surface area contributed by atoms with Crippen LogP contribution in [-0.4, -0.2) is 22.4 Å². The zero-order chi connectivity index (χ0) is 18.2. The van der Waals surface area contributed by atoms with Crippen molar-refractivity contribution >= 4 is 5.97 Å². The third-order valence-electron chi connectivity index (χ3n) is 4.98. The molecule has 0 aliphatic carbocycles. The molecule has 2 aromatic rings. The molecule has 0 unspecified atom stereocenters. The molecule has 3 rings (SSSR count). The van der Waals surface area contributed by atoms with E-state index in [0.717, 1.165) is 31.6 Å². The summed E-state index contributed by atoms with van der Waals surface area (Å²) in [6.07, 6.45) is 8.69. The predicted molar refractivity (Wildman–Crippen MR) is 99.9 cm³/mol. The van der Waals surface area contributed by atoms with Crippen molar-refractivity contribution in [2.24, 2.45) is 5.92 Å². The number of carbonyl (C=O) groups excluding carboxylic acids is 1. The Bertz CT molecular complexity index is 722. The monoisotopic (exact) mass is 372 g/mol. The minimum atomic E-state index is -0.987. The number of aromatic nitrogens is 1. The molecule has 4 nitrogen and oxygen atoms in total. The minimum absolute atomic E-state index is 0. The van der Waals surface area contributed by atoms with Gasteiger partial charge in [0.05, 0.1) is 5.69 Å². The number of pyridine rings is 1. The molecule has 1 saturated heterocycles. The fraction of sp³-hybridized carbons (Fsp3) is 0.364. The largest absolute Gasteiger partial charge is 1.00 e. The Kier molecular flexibility index (Phi) is 9.22. The van der Waals surface area contributed by atoms with Crippen LogP contribution in [0.3, 0.4) is 0 Å². The SMILES string of the molecule is O=C([O-])CC/C=C\C[C@H]1CCN(Cc2ccccn2)[C@H]1c1ccccc1.[Na+]. The third kappa shape index (κ3) is 6.58. The van der Waals surface area contributed by atoms with Gasteiger partial charge >= 0.3 is 29.6 Å². The molecule has 1 aliphatic rings. The summed E-state index contributed by atoms with van der Waals surface area (Å²) in [7, 11) is 0. The van der Waals surface area contributed by atoms with Gasteiger partial charge in [-0.1, -0.05) is 48.6 Å². The summed E-state index contributed by atoms with van der Waals surface area (Å²) in [5, 5.41) is 10.5. The van der Waals surface area contributed by atoms with Gasteiger partial charge in [-0.15, -0.1) is 0 Å². The molecule has 0 spiro atoms. The van der Waals surface area contributed by atoms with Crippen LogP contribution in [0.25, 0.3) is 0 Å². The smallest absolute Gasteiger partial charge is 0.550 e. The van der Waals surface area contributed by atoms with Gasteiger partial charge in [0.1, 0.15) is 0 Å². The molecule has 27 heavy (non-hydrogen) atoms. The number of carboxylic acid groups (broad SMARTS) is 1. The Morgan fingerprint density at radius 2 is 1.93 bits per heavy atom. The van der Waals surface area contributed by atoms with Crippen molar-refractivity contribution in [3.8, 4) is 0 Å². The number of benzene rings is 1. The van der Waals surface area contributed by atoms with Crippen LogP contribution in [0.4, 0.5) is 0 Å². The number of aliphatic carboxylic acids is 1. The fourth-order valence-corrected chi connectivity index (χ4v) is 3.77. The number of likely N-dealkylation sites (tertiary alicyclic amines) is 1. The molecule has 1 aliphatic heterocycles. The second kappa shape index (κ2) is 11.4. The van der Waals surface area contributed by atoms with E-state index < -0.39 is 5.97 Å². The molecule has 0 radical (unpaired) electrons. The Morgan fingerprint density at radius 1 is 1.15 bits per heavy atom. The van der Waals surface area contributed by atoms with Crippen molar-refractivity contribution in [3.63, 3.8) is 0 Å². The first kappa shape index (κ1) is 21.8. The van der Waals surface area contributed by atoms with Gasteiger partial charge < -0.3 is 9.90 Å². The van der Waals surface area contributed by atoms with Crippen LogP contribution >= 0.6 is 0 Å². The molecule has 1 aromatic carbocycles. The van der Waals surface area contributed by atoms with Crippen LogP contribution in [0.2, 0.25) is 0 Å². The van der Waals surface area contributed by atoms with Crippen LogP contribution in [0, 0.1) is 5.92 Å². The summed E-state index contributed by atoms with van der Waals surface area (Å²) in [6.45, 7) is 1.90. The van der Waals surface area contributed by atoms with E-state index in [4.69, 9.17) is 0 Å². The molecule has 5 heteroatoms. The van der Waals surface area contributed by atoms with Crippen LogP contribution in [-0.2, 0) is 11.3 Å². The third-order valence-corrected chi connectivity index (χ3v) is 4.98. The fourth-order valence-electron chi connectivity index (χ4n) is 3.77. The van der Waals surface area contributed by atoms with E-state index in [1.165, 1.54) is 5.56 Å². The Labute approximate surface area is 183 Å². The van der Waals surface area contributed by atoms with Gasteiger partial charge in [-0.05, 0) is 55.8 Å². The van der Waals surface area contributed by atoms with E-state index in [2.05, 4.69) is 52.4 Å². The van der Waals surface area contributed by atoms with E-state index in [0.29, 0.717) is 18.4 Å². The number of carboxylic acids is 1. The van der Waals surface area contributed by atoms with Crippen molar-refractivity contribution in [3.05, 3.63) is 78.1 Å². The van der Waals surface area contributed by atoms with Crippen molar-refractivity contribution < 1.29 is 39.5 Å². The summed E-state index contributed by atoms with van der Waals surface area (Å²) >= 11 is 0. The van der Waals surface area contributed by atoms with E-state index in [-0.39, 0.29) is 36.0 Å². The topological polar surface area (TPSA) is 56.3 Å². The molecular formula is C22H25N2NaO2. The van der Waals surface area contributed by atoms with Gasteiger partial charge in [-0.2, -0.15) is 0 Å². The van der Waals surface area contributed by atoms with Crippen molar-refractivity contribution in [2.75, 3.05) is 6.54 Å². The van der Waals surface area contributed by atoms with Gasteiger partial charge in [0.25, 0.3) is 0 Å². The van der Waals surface area contributed by atoms with Gasteiger partial charge in [0.15, 0.2) is 0 Å². The van der Waals surface area contributed by atoms with Crippen LogP contribution in [0.15, 0.2) is 66.9 Å². The maximum Gasteiger partial charge on any atom is 1.00 e. The molecule has 0 bridgehead atoms. The number of hydrogen-bond donors (Lipinski definition) is 0. The Hall–Kier alpha value is -1.46. The molecule has 2 atom stereocenters. The van der Waals surface area contributed by atoms with Crippen LogP contribution in [0.5, 0.6) is 0 Å². The first-order valence-corrected chi connectivity index (χ1v) is 9.28. The summed E-state index contributed by atoms with van der Waals surface area (Å²) in [4.78, 5) is 17.5. The van der Waals surface area contributed by atoms with Gasteiger partial charge in [0, 0.05) is 24.8 Å². The zero-order valence-corrected chi connectivity index (χ0v) is 18.0. The predicted octanol–water partition coefficient (Wildman–Crippen LogP) is 0.125. The van der Waals surface area contributed by atoms with E-state index in [1.54, 1.807) is 0 Å². The zero-order valence-electron chi connectivity index (χ0n) is 16.0. The maximum atomic E-state index is 10.5. The average molecular weight is 372 g/mol. The number of hydrogen-bond acceptors (Lipinski definition) is 4.